The normalized spacial score (nSPS) is 10.0. The standard InChI is InChI=1S/C15H11FO3/c1-10(17)13-8-7-12(16)9-14(13)19-15(18)11-5-3-2-4-6-11/h2-9H,1H3. The molecule has 2 rings (SSSR count). The summed E-state index contributed by atoms with van der Waals surface area (Å²) in [6.07, 6.45) is 0. The highest BCUT2D eigenvalue weighted by molar-refractivity contribution is 5.98. The zero-order chi connectivity index (χ0) is 13.8. The molecule has 19 heavy (non-hydrogen) atoms. The van der Waals surface area contributed by atoms with Crippen molar-refractivity contribution in [3.63, 3.8) is 0 Å². The Morgan fingerprint density at radius 1 is 1.05 bits per heavy atom. The maximum absolute atomic E-state index is 13.2. The van der Waals surface area contributed by atoms with Crippen LogP contribution in [0.3, 0.4) is 0 Å². The maximum Gasteiger partial charge on any atom is 0.343 e. The lowest BCUT2D eigenvalue weighted by Crippen LogP contribution is -2.11. The van der Waals surface area contributed by atoms with E-state index in [9.17, 15) is 14.0 Å². The quantitative estimate of drug-likeness (QED) is 0.482. The van der Waals surface area contributed by atoms with Crippen LogP contribution in [0.1, 0.15) is 27.6 Å². The van der Waals surface area contributed by atoms with Gasteiger partial charge in [-0.2, -0.15) is 0 Å². The fourth-order valence-corrected chi connectivity index (χ4v) is 1.60. The summed E-state index contributed by atoms with van der Waals surface area (Å²) < 4.78 is 18.2. The molecule has 0 unspecified atom stereocenters. The van der Waals surface area contributed by atoms with Crippen molar-refractivity contribution in [1.82, 2.24) is 0 Å². The molecule has 0 aromatic heterocycles. The van der Waals surface area contributed by atoms with Gasteiger partial charge in [0.1, 0.15) is 11.6 Å². The second kappa shape index (κ2) is 5.44. The van der Waals surface area contributed by atoms with Gasteiger partial charge in [0.05, 0.1) is 11.1 Å². The van der Waals surface area contributed by atoms with Crippen LogP contribution in [0.2, 0.25) is 0 Å². The zero-order valence-electron chi connectivity index (χ0n) is 10.2. The van der Waals surface area contributed by atoms with E-state index in [1.165, 1.54) is 13.0 Å². The third kappa shape index (κ3) is 3.04. The summed E-state index contributed by atoms with van der Waals surface area (Å²) in [4.78, 5) is 23.2. The Labute approximate surface area is 109 Å². The zero-order valence-corrected chi connectivity index (χ0v) is 10.2. The molecule has 4 heteroatoms. The van der Waals surface area contributed by atoms with Gasteiger partial charge in [-0.3, -0.25) is 4.79 Å². The summed E-state index contributed by atoms with van der Waals surface area (Å²) in [5.74, 6) is -1.56. The first-order valence-corrected chi connectivity index (χ1v) is 5.65. The number of halogens is 1. The molecule has 0 N–H and O–H groups in total. The van der Waals surface area contributed by atoms with Gasteiger partial charge in [0.25, 0.3) is 0 Å². The van der Waals surface area contributed by atoms with Crippen LogP contribution >= 0.6 is 0 Å². The summed E-state index contributed by atoms with van der Waals surface area (Å²) in [6.45, 7) is 1.33. The van der Waals surface area contributed by atoms with E-state index >= 15 is 0 Å². The van der Waals surface area contributed by atoms with E-state index in [-0.39, 0.29) is 17.1 Å². The van der Waals surface area contributed by atoms with Gasteiger partial charge in [-0.25, -0.2) is 9.18 Å². The number of ether oxygens (including phenoxy) is 1. The van der Waals surface area contributed by atoms with Crippen LogP contribution in [0.25, 0.3) is 0 Å². The topological polar surface area (TPSA) is 43.4 Å². The smallest absolute Gasteiger partial charge is 0.343 e. The van der Waals surface area contributed by atoms with Gasteiger partial charge in [-0.05, 0) is 31.2 Å². The van der Waals surface area contributed by atoms with Crippen LogP contribution in [-0.4, -0.2) is 11.8 Å². The lowest BCUT2D eigenvalue weighted by atomic mass is 10.1. The number of esters is 1. The molecule has 0 amide bonds. The third-order valence-electron chi connectivity index (χ3n) is 2.54. The fraction of sp³-hybridized carbons (Fsp3) is 0.0667. The minimum atomic E-state index is -0.631. The van der Waals surface area contributed by atoms with E-state index in [1.54, 1.807) is 30.3 Å². The third-order valence-corrected chi connectivity index (χ3v) is 2.54. The Bertz CT molecular complexity index is 621. The fourth-order valence-electron chi connectivity index (χ4n) is 1.60. The molecule has 0 bridgehead atoms. The predicted octanol–water partition coefficient (Wildman–Crippen LogP) is 3.25. The molecule has 0 atom stereocenters. The van der Waals surface area contributed by atoms with Gasteiger partial charge in [-0.1, -0.05) is 18.2 Å². The minimum absolute atomic E-state index is 0.0682. The number of rotatable bonds is 3. The summed E-state index contributed by atoms with van der Waals surface area (Å²) in [7, 11) is 0. The molecule has 0 fully saturated rings. The van der Waals surface area contributed by atoms with E-state index in [4.69, 9.17) is 4.74 Å². The lowest BCUT2D eigenvalue weighted by Gasteiger charge is -2.08. The number of benzene rings is 2. The summed E-state index contributed by atoms with van der Waals surface area (Å²) in [6, 6.07) is 11.8. The van der Waals surface area contributed by atoms with E-state index in [0.717, 1.165) is 12.1 Å². The number of Topliss-reactive ketones (excluding diaryl/α,β-unsaturated/α-hetero) is 1. The molecule has 3 nitrogen and oxygen atoms in total. The number of carbonyl (C=O) groups excluding carboxylic acids is 2. The second-order valence-electron chi connectivity index (χ2n) is 3.95. The molecule has 0 saturated heterocycles. The molecule has 0 saturated carbocycles. The number of hydrogen-bond donors (Lipinski definition) is 0. The molecule has 0 aliphatic rings. The lowest BCUT2D eigenvalue weighted by molar-refractivity contribution is 0.0732. The van der Waals surface area contributed by atoms with Crippen LogP contribution < -0.4 is 4.74 Å². The molecule has 0 radical (unpaired) electrons. The Morgan fingerprint density at radius 3 is 2.37 bits per heavy atom. The highest BCUT2D eigenvalue weighted by Crippen LogP contribution is 2.21. The summed E-state index contributed by atoms with van der Waals surface area (Å²) in [5.41, 5.74) is 0.506. The molecule has 2 aromatic carbocycles. The van der Waals surface area contributed by atoms with Crippen molar-refractivity contribution in [3.05, 3.63) is 65.5 Å². The number of hydrogen-bond acceptors (Lipinski definition) is 3. The Balaban J connectivity index is 2.31. The summed E-state index contributed by atoms with van der Waals surface area (Å²) >= 11 is 0. The van der Waals surface area contributed by atoms with Crippen LogP contribution in [0.4, 0.5) is 4.39 Å². The molecule has 0 aliphatic heterocycles. The van der Waals surface area contributed by atoms with Crippen molar-refractivity contribution in [2.24, 2.45) is 0 Å². The minimum Gasteiger partial charge on any atom is -0.422 e. The first-order valence-electron chi connectivity index (χ1n) is 5.65. The maximum atomic E-state index is 13.2. The largest absolute Gasteiger partial charge is 0.422 e. The van der Waals surface area contributed by atoms with Crippen LogP contribution in [0.5, 0.6) is 5.75 Å². The molecular weight excluding hydrogens is 247 g/mol. The summed E-state index contributed by atoms with van der Waals surface area (Å²) in [5, 5.41) is 0. The van der Waals surface area contributed by atoms with Crippen molar-refractivity contribution in [3.8, 4) is 5.75 Å². The van der Waals surface area contributed by atoms with Gasteiger partial charge >= 0.3 is 5.97 Å². The van der Waals surface area contributed by atoms with Gasteiger partial charge in [-0.15, -0.1) is 0 Å². The second-order valence-corrected chi connectivity index (χ2v) is 3.95. The highest BCUT2D eigenvalue weighted by Gasteiger charge is 2.14. The van der Waals surface area contributed by atoms with Crippen molar-refractivity contribution in [1.29, 1.82) is 0 Å². The molecular formula is C15H11FO3. The monoisotopic (exact) mass is 258 g/mol. The van der Waals surface area contributed by atoms with Crippen molar-refractivity contribution >= 4 is 11.8 Å². The van der Waals surface area contributed by atoms with Crippen LogP contribution in [0.15, 0.2) is 48.5 Å². The average Bonchev–Trinajstić information content (AvgIpc) is 2.39. The molecule has 0 spiro atoms. The number of carbonyl (C=O) groups is 2. The Morgan fingerprint density at radius 2 is 1.74 bits per heavy atom. The van der Waals surface area contributed by atoms with E-state index in [1.807, 2.05) is 0 Å². The average molecular weight is 258 g/mol. The molecule has 96 valence electrons. The van der Waals surface area contributed by atoms with Crippen LogP contribution in [-0.2, 0) is 0 Å². The van der Waals surface area contributed by atoms with Gasteiger partial charge < -0.3 is 4.74 Å². The van der Waals surface area contributed by atoms with Gasteiger partial charge in [0, 0.05) is 6.07 Å². The van der Waals surface area contributed by atoms with E-state index in [2.05, 4.69) is 0 Å². The van der Waals surface area contributed by atoms with Crippen molar-refractivity contribution in [2.45, 2.75) is 6.92 Å². The van der Waals surface area contributed by atoms with Gasteiger partial charge in [0.2, 0.25) is 0 Å². The van der Waals surface area contributed by atoms with Crippen LogP contribution in [0, 0.1) is 5.82 Å². The van der Waals surface area contributed by atoms with Crippen molar-refractivity contribution < 1.29 is 18.7 Å². The van der Waals surface area contributed by atoms with E-state index < -0.39 is 11.8 Å². The highest BCUT2D eigenvalue weighted by atomic mass is 19.1. The van der Waals surface area contributed by atoms with E-state index in [0.29, 0.717) is 5.56 Å². The molecule has 2 aromatic rings. The SMILES string of the molecule is CC(=O)c1ccc(F)cc1OC(=O)c1ccccc1. The first-order chi connectivity index (χ1) is 9.08. The van der Waals surface area contributed by atoms with Crippen molar-refractivity contribution in [2.75, 3.05) is 0 Å². The van der Waals surface area contributed by atoms with Gasteiger partial charge in [0.15, 0.2) is 5.78 Å². The first kappa shape index (κ1) is 13.0. The molecule has 0 heterocycles. The Hall–Kier alpha value is -2.49. The Kier molecular flexibility index (Phi) is 3.71. The molecule has 0 aliphatic carbocycles. The number of ketones is 1. The predicted molar refractivity (Wildman–Crippen MR) is 67.8 cm³/mol.